The Hall–Kier alpha value is -2.90. The molecule has 6 N–H and O–H groups in total. The number of carboxylic acids is 1. The second kappa shape index (κ2) is 8.86. The highest BCUT2D eigenvalue weighted by Gasteiger charge is 2.28. The van der Waals surface area contributed by atoms with E-state index in [4.69, 9.17) is 21.3 Å². The summed E-state index contributed by atoms with van der Waals surface area (Å²) < 4.78 is 5.43. The molecule has 0 aliphatic heterocycles. The molecule has 0 aromatic heterocycles. The maximum Gasteiger partial charge on any atom is 0.407 e. The van der Waals surface area contributed by atoms with Gasteiger partial charge < -0.3 is 26.6 Å². The van der Waals surface area contributed by atoms with Crippen LogP contribution in [0, 0.1) is 0 Å². The Balaban J connectivity index is 1.49. The summed E-state index contributed by atoms with van der Waals surface area (Å²) >= 11 is 0. The first kappa shape index (κ1) is 19.9. The van der Waals surface area contributed by atoms with Crippen LogP contribution in [0.4, 0.5) is 4.79 Å². The van der Waals surface area contributed by atoms with Gasteiger partial charge in [-0.2, -0.15) is 0 Å². The van der Waals surface area contributed by atoms with Crippen LogP contribution in [0.3, 0.4) is 0 Å². The van der Waals surface area contributed by atoms with Crippen molar-refractivity contribution in [3.05, 3.63) is 59.7 Å². The third-order valence-electron chi connectivity index (χ3n) is 5.00. The zero-order chi connectivity index (χ0) is 20.1. The predicted molar refractivity (Wildman–Crippen MR) is 106 cm³/mol. The molecule has 0 saturated carbocycles. The van der Waals surface area contributed by atoms with Gasteiger partial charge in [0.15, 0.2) is 0 Å². The zero-order valence-electron chi connectivity index (χ0n) is 15.5. The molecule has 2 aromatic rings. The van der Waals surface area contributed by atoms with Crippen LogP contribution in [0.2, 0.25) is 0 Å². The monoisotopic (exact) mass is 383 g/mol. The number of carbonyl (C=O) groups excluding carboxylic acids is 1. The van der Waals surface area contributed by atoms with Crippen LogP contribution in [0.5, 0.6) is 0 Å². The van der Waals surface area contributed by atoms with Crippen LogP contribution in [0.25, 0.3) is 11.1 Å². The maximum absolute atomic E-state index is 12.0. The fraction of sp³-hybridized carbons (Fsp3) is 0.333. The summed E-state index contributed by atoms with van der Waals surface area (Å²) in [4.78, 5) is 22.8. The molecule has 2 aromatic carbocycles. The minimum absolute atomic E-state index is 0.00831. The number of hydrogen-bond acceptors (Lipinski definition) is 5. The van der Waals surface area contributed by atoms with Crippen molar-refractivity contribution in [2.75, 3.05) is 13.2 Å². The lowest BCUT2D eigenvalue weighted by atomic mass is 9.98. The number of carboxylic acid groups (broad SMARTS) is 1. The smallest absolute Gasteiger partial charge is 0.407 e. The predicted octanol–water partition coefficient (Wildman–Crippen LogP) is 2.04. The lowest BCUT2D eigenvalue weighted by molar-refractivity contribution is -0.138. The van der Waals surface area contributed by atoms with Crippen LogP contribution in [0.1, 0.15) is 29.9 Å². The molecular weight excluding hydrogens is 358 g/mol. The number of fused-ring (bicyclic) bond motifs is 3. The summed E-state index contributed by atoms with van der Waals surface area (Å²) in [5.74, 6) is -1.08. The molecule has 2 atom stereocenters. The van der Waals surface area contributed by atoms with Crippen molar-refractivity contribution >= 4 is 12.1 Å². The molecule has 1 amide bonds. The van der Waals surface area contributed by atoms with Gasteiger partial charge in [-0.05, 0) is 35.1 Å². The van der Waals surface area contributed by atoms with Gasteiger partial charge in [0.05, 0.1) is 0 Å². The summed E-state index contributed by atoms with van der Waals surface area (Å²) in [6, 6.07) is 14.9. The molecule has 1 aliphatic carbocycles. The third-order valence-corrected chi connectivity index (χ3v) is 5.00. The molecule has 0 fully saturated rings. The summed E-state index contributed by atoms with van der Waals surface area (Å²) in [6.07, 6.45) is 0.0592. The van der Waals surface area contributed by atoms with Crippen LogP contribution in [-0.4, -0.2) is 42.4 Å². The number of amides is 1. The van der Waals surface area contributed by atoms with E-state index in [0.717, 1.165) is 11.1 Å². The maximum atomic E-state index is 12.0. The van der Waals surface area contributed by atoms with E-state index >= 15 is 0 Å². The van der Waals surface area contributed by atoms with Crippen molar-refractivity contribution in [1.29, 1.82) is 0 Å². The molecule has 7 heteroatoms. The molecule has 1 unspecified atom stereocenters. The highest BCUT2D eigenvalue weighted by Crippen LogP contribution is 2.44. The molecule has 0 bridgehead atoms. The van der Waals surface area contributed by atoms with Crippen LogP contribution in [-0.2, 0) is 9.53 Å². The van der Waals surface area contributed by atoms with E-state index in [9.17, 15) is 9.59 Å². The van der Waals surface area contributed by atoms with Crippen molar-refractivity contribution in [1.82, 2.24) is 5.32 Å². The van der Waals surface area contributed by atoms with Gasteiger partial charge in [-0.3, -0.25) is 4.79 Å². The first-order valence-corrected chi connectivity index (χ1v) is 9.30. The van der Waals surface area contributed by atoms with E-state index in [1.165, 1.54) is 11.1 Å². The van der Waals surface area contributed by atoms with Crippen molar-refractivity contribution in [2.24, 2.45) is 11.5 Å². The van der Waals surface area contributed by atoms with Gasteiger partial charge in [0, 0.05) is 18.5 Å². The lowest BCUT2D eigenvalue weighted by Gasteiger charge is -2.16. The van der Waals surface area contributed by atoms with Crippen LogP contribution < -0.4 is 16.8 Å². The van der Waals surface area contributed by atoms with Gasteiger partial charge in [0.1, 0.15) is 12.6 Å². The zero-order valence-corrected chi connectivity index (χ0v) is 15.5. The minimum Gasteiger partial charge on any atom is -0.480 e. The summed E-state index contributed by atoms with van der Waals surface area (Å²) in [6.45, 7) is 0.542. The van der Waals surface area contributed by atoms with Crippen LogP contribution >= 0.6 is 0 Å². The standard InChI is InChI=1S/C21H25N3O4/c22-13(11-19(23)20(25)26)9-10-24-21(27)28-12-18-16-7-3-1-5-14(16)15-6-2-4-8-17(15)18/h1-8,13,18-19H,9-12,22-23H2,(H,24,27)(H,25,26)/t13?,19-/m0/s1. The number of ether oxygens (including phenoxy) is 1. The highest BCUT2D eigenvalue weighted by molar-refractivity contribution is 5.79. The summed E-state index contributed by atoms with van der Waals surface area (Å²) in [5.41, 5.74) is 16.0. The second-order valence-corrected chi connectivity index (χ2v) is 6.98. The summed E-state index contributed by atoms with van der Waals surface area (Å²) in [7, 11) is 0. The molecule has 1 aliphatic rings. The SMILES string of the molecule is NC(CCNC(=O)OCC1c2ccccc2-c2ccccc21)C[C@H](N)C(=O)O. The Kier molecular flexibility index (Phi) is 6.28. The molecule has 148 valence electrons. The second-order valence-electron chi connectivity index (χ2n) is 6.98. The lowest BCUT2D eigenvalue weighted by Crippen LogP contribution is -2.39. The number of rotatable bonds is 8. The molecule has 0 radical (unpaired) electrons. The molecular formula is C21H25N3O4. The summed E-state index contributed by atoms with van der Waals surface area (Å²) in [5, 5.41) is 11.4. The number of benzene rings is 2. The van der Waals surface area contributed by atoms with Gasteiger partial charge in [-0.1, -0.05) is 48.5 Å². The molecule has 7 nitrogen and oxygen atoms in total. The fourth-order valence-corrected chi connectivity index (χ4v) is 3.55. The van der Waals surface area contributed by atoms with E-state index < -0.39 is 24.1 Å². The topological polar surface area (TPSA) is 128 Å². The fourth-order valence-electron chi connectivity index (χ4n) is 3.55. The van der Waals surface area contributed by atoms with Gasteiger partial charge in [0.25, 0.3) is 0 Å². The van der Waals surface area contributed by atoms with E-state index in [1.54, 1.807) is 0 Å². The number of hydrogen-bond donors (Lipinski definition) is 4. The van der Waals surface area contributed by atoms with E-state index in [1.807, 2.05) is 24.3 Å². The first-order valence-electron chi connectivity index (χ1n) is 9.30. The number of nitrogens with one attached hydrogen (secondary N) is 1. The molecule has 0 spiro atoms. The Morgan fingerprint density at radius 3 is 2.18 bits per heavy atom. The number of aliphatic carboxylic acids is 1. The highest BCUT2D eigenvalue weighted by atomic mass is 16.5. The van der Waals surface area contributed by atoms with Gasteiger partial charge in [-0.15, -0.1) is 0 Å². The Bertz CT molecular complexity index is 810. The first-order chi connectivity index (χ1) is 13.5. The molecule has 0 saturated heterocycles. The number of alkyl carbamates (subject to hydrolysis) is 1. The largest absolute Gasteiger partial charge is 0.480 e. The molecule has 28 heavy (non-hydrogen) atoms. The van der Waals surface area contributed by atoms with Crippen LogP contribution in [0.15, 0.2) is 48.5 Å². The molecule has 3 rings (SSSR count). The van der Waals surface area contributed by atoms with Crippen molar-refractivity contribution < 1.29 is 19.4 Å². The van der Waals surface area contributed by atoms with Gasteiger partial charge in [-0.25, -0.2) is 4.79 Å². The van der Waals surface area contributed by atoms with Crippen molar-refractivity contribution in [2.45, 2.75) is 30.8 Å². The normalized spacial score (nSPS) is 14.6. The minimum atomic E-state index is -1.08. The Morgan fingerprint density at radius 1 is 1.04 bits per heavy atom. The van der Waals surface area contributed by atoms with E-state index in [-0.39, 0.29) is 18.9 Å². The third kappa shape index (κ3) is 4.49. The van der Waals surface area contributed by atoms with Crippen molar-refractivity contribution in [3.63, 3.8) is 0 Å². The molecule has 0 heterocycles. The van der Waals surface area contributed by atoms with Crippen molar-refractivity contribution in [3.8, 4) is 11.1 Å². The number of carbonyl (C=O) groups is 2. The number of nitrogens with two attached hydrogens (primary N) is 2. The van der Waals surface area contributed by atoms with E-state index in [0.29, 0.717) is 13.0 Å². The van der Waals surface area contributed by atoms with Gasteiger partial charge in [0.2, 0.25) is 0 Å². The van der Waals surface area contributed by atoms with E-state index in [2.05, 4.69) is 29.6 Å². The quantitative estimate of drug-likeness (QED) is 0.552. The Labute approximate surface area is 163 Å². The average Bonchev–Trinajstić information content (AvgIpc) is 3.00. The van der Waals surface area contributed by atoms with Gasteiger partial charge >= 0.3 is 12.1 Å². The Morgan fingerprint density at radius 2 is 1.61 bits per heavy atom. The average molecular weight is 383 g/mol.